The number of hydrogen-bond acceptors (Lipinski definition) is 5. The Hall–Kier alpha value is -2.28. The first-order valence-electron chi connectivity index (χ1n) is 7.74. The SMILES string of the molecule is COCCN(/C=C(/C#N)C(=O)Nc1ccc(Cl)c(C(F)(F)F)c1)CCOC. The smallest absolute Gasteiger partial charge is 0.383 e. The van der Waals surface area contributed by atoms with Gasteiger partial charge in [-0.3, -0.25) is 4.79 Å². The largest absolute Gasteiger partial charge is 0.417 e. The fraction of sp³-hybridized carbons (Fsp3) is 0.412. The molecule has 148 valence electrons. The predicted molar refractivity (Wildman–Crippen MR) is 94.1 cm³/mol. The Morgan fingerprint density at radius 2 is 1.89 bits per heavy atom. The third-order valence-electron chi connectivity index (χ3n) is 3.37. The number of carbonyl (C=O) groups excluding carboxylic acids is 1. The molecule has 1 amide bonds. The van der Waals surface area contributed by atoms with Gasteiger partial charge in [-0.05, 0) is 18.2 Å². The summed E-state index contributed by atoms with van der Waals surface area (Å²) in [6.45, 7) is 1.51. The van der Waals surface area contributed by atoms with Gasteiger partial charge in [-0.25, -0.2) is 0 Å². The maximum atomic E-state index is 12.9. The van der Waals surface area contributed by atoms with Crippen LogP contribution in [0.15, 0.2) is 30.0 Å². The summed E-state index contributed by atoms with van der Waals surface area (Å²) in [4.78, 5) is 13.9. The van der Waals surface area contributed by atoms with Gasteiger partial charge in [-0.15, -0.1) is 0 Å². The number of anilines is 1. The Balaban J connectivity index is 2.99. The van der Waals surface area contributed by atoms with Crippen molar-refractivity contribution < 1.29 is 27.4 Å². The summed E-state index contributed by atoms with van der Waals surface area (Å²) < 4.78 is 48.7. The van der Waals surface area contributed by atoms with Gasteiger partial charge >= 0.3 is 6.18 Å². The number of methoxy groups -OCH3 is 2. The van der Waals surface area contributed by atoms with Gasteiger partial charge in [0, 0.05) is 39.2 Å². The van der Waals surface area contributed by atoms with E-state index in [-0.39, 0.29) is 11.3 Å². The van der Waals surface area contributed by atoms with E-state index < -0.39 is 22.7 Å². The number of hydrogen-bond donors (Lipinski definition) is 1. The summed E-state index contributed by atoms with van der Waals surface area (Å²) in [6.07, 6.45) is -3.35. The molecule has 0 heterocycles. The number of alkyl halides is 3. The zero-order valence-corrected chi connectivity index (χ0v) is 15.5. The molecule has 1 N–H and O–H groups in total. The van der Waals surface area contributed by atoms with Crippen LogP contribution in [0.4, 0.5) is 18.9 Å². The van der Waals surface area contributed by atoms with Gasteiger partial charge in [0.2, 0.25) is 0 Å². The number of ether oxygens (including phenoxy) is 2. The molecular weight excluding hydrogens is 387 g/mol. The van der Waals surface area contributed by atoms with Crippen molar-refractivity contribution in [3.8, 4) is 6.07 Å². The van der Waals surface area contributed by atoms with E-state index in [9.17, 15) is 23.2 Å². The van der Waals surface area contributed by atoms with Crippen molar-refractivity contribution in [3.63, 3.8) is 0 Å². The van der Waals surface area contributed by atoms with Gasteiger partial charge in [0.1, 0.15) is 11.6 Å². The lowest BCUT2D eigenvalue weighted by Crippen LogP contribution is -2.27. The highest BCUT2D eigenvalue weighted by Gasteiger charge is 2.33. The van der Waals surface area contributed by atoms with Crippen molar-refractivity contribution in [3.05, 3.63) is 40.6 Å². The van der Waals surface area contributed by atoms with E-state index in [1.807, 2.05) is 0 Å². The standard InChI is InChI=1S/C17H19ClF3N3O3/c1-26-7-5-24(6-8-27-2)11-12(10-22)16(25)23-13-3-4-15(18)14(9-13)17(19,20)21/h3-4,9,11H,5-8H2,1-2H3,(H,23,25)/b12-11-. The number of nitriles is 1. The molecule has 1 aromatic rings. The highest BCUT2D eigenvalue weighted by molar-refractivity contribution is 6.31. The van der Waals surface area contributed by atoms with E-state index in [1.54, 1.807) is 11.0 Å². The maximum Gasteiger partial charge on any atom is 0.417 e. The van der Waals surface area contributed by atoms with Crippen LogP contribution >= 0.6 is 11.6 Å². The van der Waals surface area contributed by atoms with E-state index in [1.165, 1.54) is 26.5 Å². The molecule has 0 aliphatic carbocycles. The molecule has 0 saturated heterocycles. The molecule has 6 nitrogen and oxygen atoms in total. The van der Waals surface area contributed by atoms with Crippen LogP contribution < -0.4 is 5.32 Å². The van der Waals surface area contributed by atoms with E-state index in [0.717, 1.165) is 6.07 Å². The van der Waals surface area contributed by atoms with Gasteiger partial charge in [-0.1, -0.05) is 11.6 Å². The minimum absolute atomic E-state index is 0.127. The Morgan fingerprint density at radius 3 is 2.37 bits per heavy atom. The second-order valence-electron chi connectivity index (χ2n) is 5.32. The molecule has 10 heteroatoms. The lowest BCUT2D eigenvalue weighted by molar-refractivity contribution is -0.137. The minimum atomic E-state index is -4.66. The molecule has 1 rings (SSSR count). The molecule has 0 aliphatic heterocycles. The van der Waals surface area contributed by atoms with E-state index >= 15 is 0 Å². The Labute approximate surface area is 160 Å². The number of amides is 1. The molecule has 0 aliphatic rings. The average molecular weight is 406 g/mol. The van der Waals surface area contributed by atoms with Crippen LogP contribution in [0.5, 0.6) is 0 Å². The van der Waals surface area contributed by atoms with Crippen LogP contribution in [0, 0.1) is 11.3 Å². The van der Waals surface area contributed by atoms with Crippen molar-refractivity contribution in [2.75, 3.05) is 45.8 Å². The molecule has 0 fully saturated rings. The van der Waals surface area contributed by atoms with Gasteiger partial charge in [0.15, 0.2) is 0 Å². The molecule has 27 heavy (non-hydrogen) atoms. The number of carbonyl (C=O) groups is 1. The average Bonchev–Trinajstić information content (AvgIpc) is 2.61. The molecule has 0 atom stereocenters. The van der Waals surface area contributed by atoms with Crippen LogP contribution in [0.1, 0.15) is 5.56 Å². The lowest BCUT2D eigenvalue weighted by Gasteiger charge is -2.20. The van der Waals surface area contributed by atoms with Crippen LogP contribution in [-0.2, 0) is 20.4 Å². The van der Waals surface area contributed by atoms with Crippen molar-refractivity contribution in [1.29, 1.82) is 5.26 Å². The highest BCUT2D eigenvalue weighted by atomic mass is 35.5. The summed E-state index contributed by atoms with van der Waals surface area (Å²) in [5.41, 5.74) is -1.48. The fourth-order valence-electron chi connectivity index (χ4n) is 2.00. The zero-order chi connectivity index (χ0) is 20.4. The molecule has 0 saturated carbocycles. The molecule has 0 spiro atoms. The Kier molecular flexibility index (Phi) is 9.08. The van der Waals surface area contributed by atoms with Gasteiger partial charge in [0.25, 0.3) is 5.91 Å². The predicted octanol–water partition coefficient (Wildman–Crippen LogP) is 3.30. The van der Waals surface area contributed by atoms with Crippen LogP contribution in [0.25, 0.3) is 0 Å². The molecule has 0 aromatic heterocycles. The first-order chi connectivity index (χ1) is 12.7. The second-order valence-corrected chi connectivity index (χ2v) is 5.73. The van der Waals surface area contributed by atoms with Gasteiger partial charge in [0.05, 0.1) is 23.8 Å². The number of nitrogens with one attached hydrogen (secondary N) is 1. The number of halogens is 4. The zero-order valence-electron chi connectivity index (χ0n) is 14.8. The molecule has 1 aromatic carbocycles. The number of rotatable bonds is 9. The van der Waals surface area contributed by atoms with Crippen LogP contribution in [0.3, 0.4) is 0 Å². The van der Waals surface area contributed by atoms with Gasteiger partial charge in [-0.2, -0.15) is 18.4 Å². The topological polar surface area (TPSA) is 74.6 Å². The van der Waals surface area contributed by atoms with Crippen molar-refractivity contribution in [2.24, 2.45) is 0 Å². The summed E-state index contributed by atoms with van der Waals surface area (Å²) in [5, 5.41) is 11.0. The van der Waals surface area contributed by atoms with Crippen molar-refractivity contribution in [1.82, 2.24) is 4.90 Å². The van der Waals surface area contributed by atoms with Gasteiger partial charge < -0.3 is 19.7 Å². The molecule has 0 bridgehead atoms. The number of nitrogens with zero attached hydrogens (tertiary/aromatic N) is 2. The quantitative estimate of drug-likeness (QED) is 0.504. The Bertz CT molecular complexity index is 710. The van der Waals surface area contributed by atoms with Crippen LogP contribution in [-0.4, -0.2) is 51.3 Å². The summed E-state index contributed by atoms with van der Waals surface area (Å²) in [5.74, 6) is -0.840. The summed E-state index contributed by atoms with van der Waals surface area (Å²) in [6, 6.07) is 4.70. The fourth-order valence-corrected chi connectivity index (χ4v) is 2.22. The second kappa shape index (κ2) is 10.8. The number of benzene rings is 1. The first kappa shape index (κ1) is 22.8. The van der Waals surface area contributed by atoms with Crippen LogP contribution in [0.2, 0.25) is 5.02 Å². The maximum absolute atomic E-state index is 12.9. The molecule has 0 radical (unpaired) electrons. The third kappa shape index (κ3) is 7.46. The van der Waals surface area contributed by atoms with E-state index in [2.05, 4.69) is 5.32 Å². The summed E-state index contributed by atoms with van der Waals surface area (Å²) in [7, 11) is 3.02. The third-order valence-corrected chi connectivity index (χ3v) is 3.70. The molecule has 0 unspecified atom stereocenters. The van der Waals surface area contributed by atoms with E-state index in [4.69, 9.17) is 21.1 Å². The summed E-state index contributed by atoms with van der Waals surface area (Å²) >= 11 is 5.55. The Morgan fingerprint density at radius 1 is 1.30 bits per heavy atom. The molecular formula is C17H19ClF3N3O3. The monoisotopic (exact) mass is 405 g/mol. The first-order valence-corrected chi connectivity index (χ1v) is 8.12. The van der Waals surface area contributed by atoms with Crippen molar-refractivity contribution in [2.45, 2.75) is 6.18 Å². The highest BCUT2D eigenvalue weighted by Crippen LogP contribution is 2.36. The lowest BCUT2D eigenvalue weighted by atomic mass is 10.2. The van der Waals surface area contributed by atoms with Crippen molar-refractivity contribution >= 4 is 23.2 Å². The minimum Gasteiger partial charge on any atom is -0.383 e. The normalized spacial score (nSPS) is 11.8. The van der Waals surface area contributed by atoms with E-state index in [0.29, 0.717) is 32.4 Å².